The lowest BCUT2D eigenvalue weighted by atomic mass is 10.1. The maximum absolute atomic E-state index is 11.7. The van der Waals surface area contributed by atoms with Gasteiger partial charge in [0.15, 0.2) is 5.78 Å². The van der Waals surface area contributed by atoms with Gasteiger partial charge in [-0.1, -0.05) is 6.92 Å². The van der Waals surface area contributed by atoms with Crippen molar-refractivity contribution in [3.8, 4) is 0 Å². The molecule has 0 aliphatic rings. The van der Waals surface area contributed by atoms with E-state index < -0.39 is 18.0 Å². The molecular formula is C14H18N2O4. The van der Waals surface area contributed by atoms with Crippen LogP contribution in [0.1, 0.15) is 37.0 Å². The molecule has 0 heterocycles. The van der Waals surface area contributed by atoms with Crippen LogP contribution >= 0.6 is 0 Å². The van der Waals surface area contributed by atoms with Gasteiger partial charge in [0, 0.05) is 17.3 Å². The Hall–Kier alpha value is -2.37. The van der Waals surface area contributed by atoms with Gasteiger partial charge in [-0.3, -0.25) is 9.59 Å². The van der Waals surface area contributed by atoms with Crippen LogP contribution in [0, 0.1) is 0 Å². The fourth-order valence-corrected chi connectivity index (χ4v) is 1.65. The molecule has 3 N–H and O–H groups in total. The van der Waals surface area contributed by atoms with E-state index in [1.807, 2.05) is 0 Å². The van der Waals surface area contributed by atoms with E-state index in [0.717, 1.165) is 0 Å². The Morgan fingerprint density at radius 2 is 1.80 bits per heavy atom. The van der Waals surface area contributed by atoms with Crippen LogP contribution in [0.5, 0.6) is 0 Å². The summed E-state index contributed by atoms with van der Waals surface area (Å²) < 4.78 is 0. The first-order valence-corrected chi connectivity index (χ1v) is 6.32. The lowest BCUT2D eigenvalue weighted by Gasteiger charge is -2.15. The molecule has 0 spiro atoms. The van der Waals surface area contributed by atoms with Crippen LogP contribution in [0.3, 0.4) is 0 Å². The van der Waals surface area contributed by atoms with Gasteiger partial charge in [-0.25, -0.2) is 4.79 Å². The molecule has 6 heteroatoms. The van der Waals surface area contributed by atoms with Crippen molar-refractivity contribution in [3.63, 3.8) is 0 Å². The van der Waals surface area contributed by atoms with Crippen molar-refractivity contribution in [2.75, 3.05) is 5.32 Å². The molecule has 0 radical (unpaired) electrons. The molecule has 0 saturated heterocycles. The molecule has 0 aliphatic heterocycles. The van der Waals surface area contributed by atoms with E-state index in [0.29, 0.717) is 17.7 Å². The number of carbonyl (C=O) groups excluding carboxylic acids is 2. The minimum absolute atomic E-state index is 0.0477. The normalized spacial score (nSPS) is 11.5. The number of urea groups is 1. The number of carboxylic acid groups (broad SMARTS) is 1. The van der Waals surface area contributed by atoms with Gasteiger partial charge in [-0.15, -0.1) is 0 Å². The smallest absolute Gasteiger partial charge is 0.319 e. The molecule has 0 bridgehead atoms. The third kappa shape index (κ3) is 5.09. The molecule has 108 valence electrons. The number of carboxylic acids is 1. The lowest BCUT2D eigenvalue weighted by molar-refractivity contribution is -0.137. The Morgan fingerprint density at radius 3 is 2.25 bits per heavy atom. The highest BCUT2D eigenvalue weighted by atomic mass is 16.4. The van der Waals surface area contributed by atoms with Crippen LogP contribution in [0.15, 0.2) is 24.3 Å². The average Bonchev–Trinajstić information content (AvgIpc) is 2.37. The largest absolute Gasteiger partial charge is 0.481 e. The third-order valence-corrected chi connectivity index (χ3v) is 2.80. The second-order valence-corrected chi connectivity index (χ2v) is 4.44. The minimum atomic E-state index is -0.956. The van der Waals surface area contributed by atoms with E-state index in [1.165, 1.54) is 6.92 Å². The highest BCUT2D eigenvalue weighted by molar-refractivity contribution is 5.95. The van der Waals surface area contributed by atoms with Crippen LogP contribution in [0.2, 0.25) is 0 Å². The maximum atomic E-state index is 11.7. The molecule has 20 heavy (non-hydrogen) atoms. The van der Waals surface area contributed by atoms with Crippen LogP contribution in [-0.2, 0) is 4.79 Å². The number of hydrogen-bond donors (Lipinski definition) is 3. The molecule has 6 nitrogen and oxygen atoms in total. The van der Waals surface area contributed by atoms with Gasteiger partial charge >= 0.3 is 12.0 Å². The predicted octanol–water partition coefficient (Wildman–Crippen LogP) is 2.26. The van der Waals surface area contributed by atoms with Crippen LogP contribution in [0.4, 0.5) is 10.5 Å². The Labute approximate surface area is 117 Å². The first kappa shape index (κ1) is 15.7. The predicted molar refractivity (Wildman–Crippen MR) is 74.9 cm³/mol. The summed E-state index contributed by atoms with van der Waals surface area (Å²) in [6.07, 6.45) is 0.413. The molecule has 0 aromatic heterocycles. The zero-order chi connectivity index (χ0) is 15.1. The number of anilines is 1. The number of carbonyl (C=O) groups is 3. The summed E-state index contributed by atoms with van der Waals surface area (Å²) >= 11 is 0. The van der Waals surface area contributed by atoms with Gasteiger partial charge in [-0.05, 0) is 37.6 Å². The monoisotopic (exact) mass is 278 g/mol. The standard InChI is InChI=1S/C14H18N2O4/c1-3-11(8-13(18)19)15-14(20)16-12-6-4-10(5-7-12)9(2)17/h4-7,11H,3,8H2,1-2H3,(H,18,19)(H2,15,16,20). The van der Waals surface area contributed by atoms with E-state index in [1.54, 1.807) is 31.2 Å². The molecular weight excluding hydrogens is 260 g/mol. The molecule has 1 rings (SSSR count). The van der Waals surface area contributed by atoms with Gasteiger partial charge in [0.25, 0.3) is 0 Å². The number of aliphatic carboxylic acids is 1. The van der Waals surface area contributed by atoms with Gasteiger partial charge in [-0.2, -0.15) is 0 Å². The van der Waals surface area contributed by atoms with Crippen molar-refractivity contribution >= 4 is 23.5 Å². The molecule has 1 unspecified atom stereocenters. The average molecular weight is 278 g/mol. The number of benzene rings is 1. The molecule has 0 fully saturated rings. The fraction of sp³-hybridized carbons (Fsp3) is 0.357. The Kier molecular flexibility index (Phi) is 5.71. The zero-order valence-electron chi connectivity index (χ0n) is 11.5. The number of hydrogen-bond acceptors (Lipinski definition) is 3. The van der Waals surface area contributed by atoms with Gasteiger partial charge < -0.3 is 15.7 Å². The van der Waals surface area contributed by atoms with Crippen LogP contribution in [0.25, 0.3) is 0 Å². The quantitative estimate of drug-likeness (QED) is 0.695. The molecule has 2 amide bonds. The molecule has 0 saturated carbocycles. The molecule has 0 aliphatic carbocycles. The van der Waals surface area contributed by atoms with E-state index in [-0.39, 0.29) is 12.2 Å². The lowest BCUT2D eigenvalue weighted by Crippen LogP contribution is -2.38. The number of amides is 2. The third-order valence-electron chi connectivity index (χ3n) is 2.80. The van der Waals surface area contributed by atoms with Crippen molar-refractivity contribution < 1.29 is 19.5 Å². The summed E-state index contributed by atoms with van der Waals surface area (Å²) in [6, 6.07) is 5.60. The minimum Gasteiger partial charge on any atom is -0.481 e. The SMILES string of the molecule is CCC(CC(=O)O)NC(=O)Nc1ccc(C(C)=O)cc1. The van der Waals surface area contributed by atoms with E-state index in [2.05, 4.69) is 10.6 Å². The highest BCUT2D eigenvalue weighted by Gasteiger charge is 2.13. The molecule has 1 aromatic rings. The van der Waals surface area contributed by atoms with Gasteiger partial charge in [0.2, 0.25) is 0 Å². The number of ketones is 1. The first-order chi connectivity index (χ1) is 9.42. The number of nitrogens with one attached hydrogen (secondary N) is 2. The summed E-state index contributed by atoms with van der Waals surface area (Å²) in [5, 5.41) is 13.9. The topological polar surface area (TPSA) is 95.5 Å². The first-order valence-electron chi connectivity index (χ1n) is 6.32. The summed E-state index contributed by atoms with van der Waals surface area (Å²) in [4.78, 5) is 33.4. The second-order valence-electron chi connectivity index (χ2n) is 4.44. The van der Waals surface area contributed by atoms with Crippen LogP contribution < -0.4 is 10.6 Å². The number of Topliss-reactive ketones (excluding diaryl/α,β-unsaturated/α-hetero) is 1. The molecule has 1 atom stereocenters. The Morgan fingerprint density at radius 1 is 1.20 bits per heavy atom. The fourth-order valence-electron chi connectivity index (χ4n) is 1.65. The highest BCUT2D eigenvalue weighted by Crippen LogP contribution is 2.10. The van der Waals surface area contributed by atoms with Crippen molar-refractivity contribution in [2.45, 2.75) is 32.7 Å². The van der Waals surface area contributed by atoms with Gasteiger partial charge in [0.05, 0.1) is 6.42 Å². The van der Waals surface area contributed by atoms with E-state index in [4.69, 9.17) is 5.11 Å². The Bertz CT molecular complexity index is 496. The van der Waals surface area contributed by atoms with Crippen molar-refractivity contribution in [2.24, 2.45) is 0 Å². The van der Waals surface area contributed by atoms with Crippen molar-refractivity contribution in [1.29, 1.82) is 0 Å². The Balaban J connectivity index is 2.57. The van der Waals surface area contributed by atoms with Gasteiger partial charge in [0.1, 0.15) is 0 Å². The van der Waals surface area contributed by atoms with Crippen LogP contribution in [-0.4, -0.2) is 28.9 Å². The summed E-state index contributed by atoms with van der Waals surface area (Å²) in [7, 11) is 0. The van der Waals surface area contributed by atoms with Crippen molar-refractivity contribution in [1.82, 2.24) is 5.32 Å². The summed E-state index contributed by atoms with van der Waals surface area (Å²) in [5.74, 6) is -1.00. The summed E-state index contributed by atoms with van der Waals surface area (Å²) in [5.41, 5.74) is 1.10. The summed E-state index contributed by atoms with van der Waals surface area (Å²) in [6.45, 7) is 3.27. The number of rotatable bonds is 6. The maximum Gasteiger partial charge on any atom is 0.319 e. The molecule has 1 aromatic carbocycles. The second kappa shape index (κ2) is 7.28. The van der Waals surface area contributed by atoms with E-state index >= 15 is 0 Å². The van der Waals surface area contributed by atoms with Crippen molar-refractivity contribution in [3.05, 3.63) is 29.8 Å². The van der Waals surface area contributed by atoms with E-state index in [9.17, 15) is 14.4 Å². The zero-order valence-corrected chi connectivity index (χ0v) is 11.5.